The summed E-state index contributed by atoms with van der Waals surface area (Å²) in [6, 6.07) is 0. The molecule has 2 aliphatic rings. The molecular formula is C18H24O3. The number of carbonyl (C=O) groups excluding carboxylic acids is 1. The molecule has 0 aliphatic heterocycles. The first kappa shape index (κ1) is 15.9. The summed E-state index contributed by atoms with van der Waals surface area (Å²) >= 11 is 0. The molecule has 3 heteroatoms. The molecule has 0 heterocycles. The van der Waals surface area contributed by atoms with Gasteiger partial charge in [0.05, 0.1) is 6.10 Å². The van der Waals surface area contributed by atoms with Crippen molar-refractivity contribution in [2.24, 2.45) is 11.8 Å². The molecule has 0 aromatic heterocycles. The molecule has 0 aromatic rings. The van der Waals surface area contributed by atoms with Crippen LogP contribution in [0.1, 0.15) is 39.0 Å². The molecule has 0 N–H and O–H groups in total. The quantitative estimate of drug-likeness (QED) is 0.345. The van der Waals surface area contributed by atoms with Crippen LogP contribution in [0.15, 0.2) is 24.3 Å². The summed E-state index contributed by atoms with van der Waals surface area (Å²) in [4.78, 5) is 11.5. The number of methoxy groups -OCH3 is 1. The highest BCUT2D eigenvalue weighted by Gasteiger charge is 2.28. The predicted molar refractivity (Wildman–Crippen MR) is 82.5 cm³/mol. The Bertz CT molecular complexity index is 472. The molecule has 1 fully saturated rings. The monoisotopic (exact) mass is 288 g/mol. The van der Waals surface area contributed by atoms with Gasteiger partial charge in [-0.25, -0.2) is 4.79 Å². The lowest BCUT2D eigenvalue weighted by atomic mass is 9.79. The van der Waals surface area contributed by atoms with Gasteiger partial charge in [-0.05, 0) is 38.5 Å². The van der Waals surface area contributed by atoms with Crippen LogP contribution in [0.4, 0.5) is 0 Å². The first-order valence-corrected chi connectivity index (χ1v) is 7.66. The van der Waals surface area contributed by atoms with Gasteiger partial charge in [0.2, 0.25) is 0 Å². The molecule has 0 spiro atoms. The second kappa shape index (κ2) is 7.47. The molecule has 0 saturated heterocycles. The zero-order valence-corrected chi connectivity index (χ0v) is 12.9. The average molecular weight is 288 g/mol. The second-order valence-electron chi connectivity index (χ2n) is 5.93. The number of rotatable bonds is 4. The van der Waals surface area contributed by atoms with Gasteiger partial charge in [-0.1, -0.05) is 30.6 Å². The van der Waals surface area contributed by atoms with Gasteiger partial charge in [0.15, 0.2) is 0 Å². The van der Waals surface area contributed by atoms with E-state index in [9.17, 15) is 4.79 Å². The normalized spacial score (nSPS) is 31.7. The fourth-order valence-electron chi connectivity index (χ4n) is 2.89. The van der Waals surface area contributed by atoms with Crippen molar-refractivity contribution in [2.45, 2.75) is 51.2 Å². The Morgan fingerprint density at radius 1 is 1.24 bits per heavy atom. The fraction of sp³-hybridized carbons (Fsp3) is 0.611. The molecule has 21 heavy (non-hydrogen) atoms. The molecule has 3 nitrogen and oxygen atoms in total. The predicted octanol–water partition coefficient (Wildman–Crippen LogP) is 3.26. The van der Waals surface area contributed by atoms with Crippen LogP contribution in [-0.4, -0.2) is 25.3 Å². The molecule has 114 valence electrons. The van der Waals surface area contributed by atoms with Crippen molar-refractivity contribution in [1.29, 1.82) is 0 Å². The molecule has 0 bridgehead atoms. The van der Waals surface area contributed by atoms with E-state index in [0.29, 0.717) is 17.4 Å². The van der Waals surface area contributed by atoms with E-state index in [-0.39, 0.29) is 18.2 Å². The Morgan fingerprint density at radius 2 is 1.95 bits per heavy atom. The van der Waals surface area contributed by atoms with E-state index in [2.05, 4.69) is 30.6 Å². The third kappa shape index (κ3) is 4.47. The third-order valence-electron chi connectivity index (χ3n) is 4.26. The van der Waals surface area contributed by atoms with E-state index in [0.717, 1.165) is 32.1 Å². The maximum Gasteiger partial charge on any atom is 0.333 e. The Morgan fingerprint density at radius 3 is 2.57 bits per heavy atom. The van der Waals surface area contributed by atoms with E-state index in [1.165, 1.54) is 0 Å². The average Bonchev–Trinajstić information content (AvgIpc) is 2.73. The number of hydrogen-bond acceptors (Lipinski definition) is 3. The lowest BCUT2D eigenvalue weighted by Gasteiger charge is -2.30. The van der Waals surface area contributed by atoms with Gasteiger partial charge < -0.3 is 9.47 Å². The molecule has 2 atom stereocenters. The highest BCUT2D eigenvalue weighted by atomic mass is 16.5. The van der Waals surface area contributed by atoms with Crippen LogP contribution in [0.3, 0.4) is 0 Å². The molecule has 2 rings (SSSR count). The van der Waals surface area contributed by atoms with Gasteiger partial charge in [-0.15, -0.1) is 0 Å². The van der Waals surface area contributed by atoms with Crippen molar-refractivity contribution in [2.75, 3.05) is 7.11 Å². The zero-order valence-electron chi connectivity index (χ0n) is 12.9. The summed E-state index contributed by atoms with van der Waals surface area (Å²) in [6.07, 6.45) is 9.19. The van der Waals surface area contributed by atoms with Gasteiger partial charge in [0.1, 0.15) is 6.10 Å². The number of carbonyl (C=O) groups is 1. The largest absolute Gasteiger partial charge is 0.459 e. The molecule has 0 radical (unpaired) electrons. The second-order valence-corrected chi connectivity index (χ2v) is 5.93. The van der Waals surface area contributed by atoms with Crippen molar-refractivity contribution in [1.82, 2.24) is 0 Å². The minimum Gasteiger partial charge on any atom is -0.459 e. The van der Waals surface area contributed by atoms with Gasteiger partial charge in [0.25, 0.3) is 0 Å². The highest BCUT2D eigenvalue weighted by molar-refractivity contribution is 5.87. The van der Waals surface area contributed by atoms with E-state index < -0.39 is 0 Å². The van der Waals surface area contributed by atoms with E-state index in [1.54, 1.807) is 14.0 Å². The lowest BCUT2D eigenvalue weighted by molar-refractivity contribution is -0.146. The van der Waals surface area contributed by atoms with Gasteiger partial charge in [0, 0.05) is 25.0 Å². The first-order chi connectivity index (χ1) is 10.1. The van der Waals surface area contributed by atoms with E-state index >= 15 is 0 Å². The lowest BCUT2D eigenvalue weighted by Crippen LogP contribution is -2.27. The SMILES string of the molecule is C=C(C)C(=O)OC1CCC(C2C#CC[C@H](OC)C=C2)CC1. The van der Waals surface area contributed by atoms with Crippen molar-refractivity contribution >= 4 is 5.97 Å². The summed E-state index contributed by atoms with van der Waals surface area (Å²) in [5.41, 5.74) is 0.472. The summed E-state index contributed by atoms with van der Waals surface area (Å²) in [7, 11) is 1.72. The van der Waals surface area contributed by atoms with Crippen LogP contribution < -0.4 is 0 Å². The number of esters is 1. The molecule has 1 saturated carbocycles. The summed E-state index contributed by atoms with van der Waals surface area (Å²) in [5.74, 6) is 7.17. The summed E-state index contributed by atoms with van der Waals surface area (Å²) < 4.78 is 10.8. The Kier molecular flexibility index (Phi) is 5.64. The number of hydrogen-bond donors (Lipinski definition) is 0. The van der Waals surface area contributed by atoms with E-state index in [4.69, 9.17) is 9.47 Å². The van der Waals surface area contributed by atoms with Crippen molar-refractivity contribution < 1.29 is 14.3 Å². The van der Waals surface area contributed by atoms with Crippen molar-refractivity contribution in [3.8, 4) is 11.8 Å². The zero-order chi connectivity index (χ0) is 15.2. The van der Waals surface area contributed by atoms with Crippen molar-refractivity contribution in [3.63, 3.8) is 0 Å². The maximum atomic E-state index is 11.5. The number of allylic oxidation sites excluding steroid dienone is 1. The summed E-state index contributed by atoms with van der Waals surface area (Å²) in [6.45, 7) is 5.31. The molecule has 0 amide bonds. The highest BCUT2D eigenvalue weighted by Crippen LogP contribution is 2.33. The Labute approximate surface area is 127 Å². The van der Waals surface area contributed by atoms with Crippen molar-refractivity contribution in [3.05, 3.63) is 24.3 Å². The van der Waals surface area contributed by atoms with Crippen LogP contribution in [-0.2, 0) is 14.3 Å². The van der Waals surface area contributed by atoms with Gasteiger partial charge in [-0.2, -0.15) is 0 Å². The number of ether oxygens (including phenoxy) is 2. The topological polar surface area (TPSA) is 35.5 Å². The smallest absolute Gasteiger partial charge is 0.333 e. The molecule has 2 aliphatic carbocycles. The third-order valence-corrected chi connectivity index (χ3v) is 4.26. The standard InChI is InChI=1S/C18H24O3/c1-13(2)18(19)21-17-11-8-15(9-12-17)14-5-4-6-16(20-3)10-7-14/h7,10,14-17H,1,6,8-9,11-12H2,2-3H3/t14?,15?,16-,17?/m0/s1. The van der Waals surface area contributed by atoms with Crippen LogP contribution in [0, 0.1) is 23.7 Å². The van der Waals surface area contributed by atoms with E-state index in [1.807, 2.05) is 0 Å². The fourth-order valence-corrected chi connectivity index (χ4v) is 2.89. The van der Waals surface area contributed by atoms with Crippen LogP contribution >= 0.6 is 0 Å². The molecule has 1 unspecified atom stereocenters. The minimum absolute atomic E-state index is 0.0416. The molecular weight excluding hydrogens is 264 g/mol. The van der Waals surface area contributed by atoms with Gasteiger partial charge >= 0.3 is 5.97 Å². The minimum atomic E-state index is -0.268. The van der Waals surface area contributed by atoms with Gasteiger partial charge in [-0.3, -0.25) is 0 Å². The molecule has 0 aromatic carbocycles. The first-order valence-electron chi connectivity index (χ1n) is 7.66. The Hall–Kier alpha value is -1.53. The Balaban J connectivity index is 1.85. The van der Waals surface area contributed by atoms with Crippen LogP contribution in [0.5, 0.6) is 0 Å². The summed E-state index contributed by atoms with van der Waals surface area (Å²) in [5, 5.41) is 0. The maximum absolute atomic E-state index is 11.5. The van der Waals surface area contributed by atoms with Crippen LogP contribution in [0.2, 0.25) is 0 Å². The van der Waals surface area contributed by atoms with Crippen LogP contribution in [0.25, 0.3) is 0 Å².